The Bertz CT molecular complexity index is 165. The van der Waals surface area contributed by atoms with E-state index in [9.17, 15) is 0 Å². The Hall–Kier alpha value is -0.120. The van der Waals surface area contributed by atoms with Gasteiger partial charge in [0.25, 0.3) is 0 Å². The van der Waals surface area contributed by atoms with Crippen LogP contribution in [0.1, 0.15) is 32.1 Å². The molecule has 2 rings (SSSR count). The van der Waals surface area contributed by atoms with Gasteiger partial charge >= 0.3 is 0 Å². The molecular weight excluding hydrogens is 176 g/mol. The Morgan fingerprint density at radius 3 is 2.71 bits per heavy atom. The maximum atomic E-state index is 5.67. The van der Waals surface area contributed by atoms with Crippen LogP contribution in [0.2, 0.25) is 0 Å². The highest BCUT2D eigenvalue weighted by Gasteiger charge is 2.30. The Balaban J connectivity index is 1.71. The summed E-state index contributed by atoms with van der Waals surface area (Å²) in [7, 11) is 0. The van der Waals surface area contributed by atoms with Gasteiger partial charge in [-0.15, -0.1) is 0 Å². The van der Waals surface area contributed by atoms with Gasteiger partial charge in [0.05, 0.1) is 6.10 Å². The van der Waals surface area contributed by atoms with E-state index in [4.69, 9.17) is 10.5 Å². The van der Waals surface area contributed by atoms with Gasteiger partial charge in [-0.25, -0.2) is 0 Å². The van der Waals surface area contributed by atoms with Crippen molar-refractivity contribution in [1.29, 1.82) is 0 Å². The third-order valence-corrected chi connectivity index (χ3v) is 3.17. The number of hydrogen-bond acceptors (Lipinski definition) is 3. The molecular formula is C11H22N2O. The molecule has 0 aromatic carbocycles. The molecule has 1 atom stereocenters. The van der Waals surface area contributed by atoms with E-state index in [1.165, 1.54) is 32.2 Å². The fourth-order valence-electron chi connectivity index (χ4n) is 2.21. The van der Waals surface area contributed by atoms with Gasteiger partial charge in [0.2, 0.25) is 0 Å². The van der Waals surface area contributed by atoms with Crippen LogP contribution in [-0.2, 0) is 4.74 Å². The summed E-state index contributed by atoms with van der Waals surface area (Å²) in [4.78, 5) is 2.59. The van der Waals surface area contributed by atoms with Gasteiger partial charge in [-0.3, -0.25) is 4.90 Å². The lowest BCUT2D eigenvalue weighted by atomic mass is 10.2. The summed E-state index contributed by atoms with van der Waals surface area (Å²) >= 11 is 0. The first-order chi connectivity index (χ1) is 6.90. The highest BCUT2D eigenvalue weighted by atomic mass is 16.5. The van der Waals surface area contributed by atoms with Gasteiger partial charge in [-0.1, -0.05) is 0 Å². The second-order valence-corrected chi connectivity index (χ2v) is 4.50. The van der Waals surface area contributed by atoms with Gasteiger partial charge in [-0.05, 0) is 45.2 Å². The molecule has 3 heteroatoms. The number of nitrogens with zero attached hydrogens (tertiary/aromatic N) is 1. The minimum absolute atomic E-state index is 0.508. The van der Waals surface area contributed by atoms with Crippen molar-refractivity contribution in [2.45, 2.75) is 44.2 Å². The van der Waals surface area contributed by atoms with Crippen LogP contribution >= 0.6 is 0 Å². The van der Waals surface area contributed by atoms with Crippen molar-refractivity contribution in [3.63, 3.8) is 0 Å². The molecule has 0 radical (unpaired) electrons. The third kappa shape index (κ3) is 2.94. The third-order valence-electron chi connectivity index (χ3n) is 3.17. The summed E-state index contributed by atoms with van der Waals surface area (Å²) in [6.45, 7) is 4.10. The lowest BCUT2D eigenvalue weighted by molar-refractivity contribution is 0.0701. The van der Waals surface area contributed by atoms with Gasteiger partial charge in [0.1, 0.15) is 0 Å². The second kappa shape index (κ2) is 5.10. The van der Waals surface area contributed by atoms with Gasteiger partial charge in [0.15, 0.2) is 0 Å². The maximum Gasteiger partial charge on any atom is 0.0702 e. The van der Waals surface area contributed by atoms with E-state index in [1.54, 1.807) is 0 Å². The topological polar surface area (TPSA) is 38.5 Å². The Labute approximate surface area is 86.6 Å². The molecule has 14 heavy (non-hydrogen) atoms. The fraction of sp³-hybridized carbons (Fsp3) is 1.00. The zero-order valence-electron chi connectivity index (χ0n) is 8.95. The standard InChI is InChI=1S/C11H22N2O/c12-6-2-7-13(10-4-5-10)9-11-3-1-8-14-11/h10-11H,1-9,12H2. The SMILES string of the molecule is NCCCN(CC1CCCO1)C1CC1. The predicted molar refractivity (Wildman–Crippen MR) is 57.2 cm³/mol. The molecule has 0 amide bonds. The average molecular weight is 198 g/mol. The molecule has 1 aliphatic carbocycles. The maximum absolute atomic E-state index is 5.67. The van der Waals surface area contributed by atoms with Crippen LogP contribution in [0.15, 0.2) is 0 Å². The van der Waals surface area contributed by atoms with Crippen molar-refractivity contribution in [3.8, 4) is 0 Å². The van der Waals surface area contributed by atoms with Crippen molar-refractivity contribution in [3.05, 3.63) is 0 Å². The van der Waals surface area contributed by atoms with Crippen LogP contribution in [0.4, 0.5) is 0 Å². The van der Waals surface area contributed by atoms with E-state index < -0.39 is 0 Å². The summed E-state index contributed by atoms with van der Waals surface area (Å²) in [6.07, 6.45) is 6.91. The molecule has 0 spiro atoms. The number of rotatable bonds is 6. The lowest BCUT2D eigenvalue weighted by Gasteiger charge is -2.24. The van der Waals surface area contributed by atoms with Gasteiger partial charge in [-0.2, -0.15) is 0 Å². The monoisotopic (exact) mass is 198 g/mol. The summed E-state index contributed by atoms with van der Waals surface area (Å²) in [5.41, 5.74) is 5.55. The van der Waals surface area contributed by atoms with E-state index in [0.717, 1.165) is 32.2 Å². The van der Waals surface area contributed by atoms with Crippen LogP contribution in [0, 0.1) is 0 Å². The van der Waals surface area contributed by atoms with E-state index >= 15 is 0 Å². The van der Waals surface area contributed by atoms with Crippen LogP contribution in [0.5, 0.6) is 0 Å². The molecule has 1 saturated heterocycles. The summed E-state index contributed by atoms with van der Waals surface area (Å²) in [5, 5.41) is 0. The molecule has 2 aliphatic rings. The second-order valence-electron chi connectivity index (χ2n) is 4.50. The lowest BCUT2D eigenvalue weighted by Crippen LogP contribution is -2.35. The van der Waals surface area contributed by atoms with Crippen LogP contribution in [0.3, 0.4) is 0 Å². The quantitative estimate of drug-likeness (QED) is 0.691. The molecule has 82 valence electrons. The summed E-state index contributed by atoms with van der Waals surface area (Å²) < 4.78 is 5.67. The van der Waals surface area contributed by atoms with E-state index in [1.807, 2.05) is 0 Å². The van der Waals surface area contributed by atoms with Crippen LogP contribution < -0.4 is 5.73 Å². The zero-order chi connectivity index (χ0) is 9.80. The molecule has 2 fully saturated rings. The van der Waals surface area contributed by atoms with Crippen molar-refractivity contribution >= 4 is 0 Å². The first-order valence-corrected chi connectivity index (χ1v) is 5.96. The number of nitrogens with two attached hydrogens (primary N) is 1. The molecule has 1 saturated carbocycles. The van der Waals surface area contributed by atoms with E-state index in [-0.39, 0.29) is 0 Å². The summed E-state index contributed by atoms with van der Waals surface area (Å²) in [6, 6.07) is 0.853. The average Bonchev–Trinajstić information content (AvgIpc) is 2.92. The molecule has 3 nitrogen and oxygen atoms in total. The Morgan fingerprint density at radius 2 is 2.14 bits per heavy atom. The number of ether oxygens (including phenoxy) is 1. The smallest absolute Gasteiger partial charge is 0.0702 e. The van der Waals surface area contributed by atoms with E-state index in [0.29, 0.717) is 6.10 Å². The van der Waals surface area contributed by atoms with E-state index in [2.05, 4.69) is 4.90 Å². The summed E-state index contributed by atoms with van der Waals surface area (Å²) in [5.74, 6) is 0. The first-order valence-electron chi connectivity index (χ1n) is 5.96. The zero-order valence-corrected chi connectivity index (χ0v) is 8.95. The molecule has 0 aromatic heterocycles. The highest BCUT2D eigenvalue weighted by Crippen LogP contribution is 2.28. The minimum atomic E-state index is 0.508. The molecule has 1 unspecified atom stereocenters. The molecule has 1 aliphatic heterocycles. The first kappa shape index (κ1) is 10.4. The van der Waals surface area contributed by atoms with Crippen molar-refractivity contribution < 1.29 is 4.74 Å². The van der Waals surface area contributed by atoms with Gasteiger partial charge < -0.3 is 10.5 Å². The van der Waals surface area contributed by atoms with Crippen molar-refractivity contribution in [2.75, 3.05) is 26.2 Å². The van der Waals surface area contributed by atoms with Crippen molar-refractivity contribution in [2.24, 2.45) is 5.73 Å². The molecule has 0 bridgehead atoms. The van der Waals surface area contributed by atoms with Crippen LogP contribution in [0.25, 0.3) is 0 Å². The molecule has 1 heterocycles. The van der Waals surface area contributed by atoms with Crippen molar-refractivity contribution in [1.82, 2.24) is 4.90 Å². The Kier molecular flexibility index (Phi) is 3.79. The van der Waals surface area contributed by atoms with Crippen LogP contribution in [-0.4, -0.2) is 43.3 Å². The number of hydrogen-bond donors (Lipinski definition) is 1. The molecule has 2 N–H and O–H groups in total. The van der Waals surface area contributed by atoms with Gasteiger partial charge in [0, 0.05) is 19.2 Å². The minimum Gasteiger partial charge on any atom is -0.377 e. The Morgan fingerprint density at radius 1 is 1.29 bits per heavy atom. The fourth-order valence-corrected chi connectivity index (χ4v) is 2.21. The predicted octanol–water partition coefficient (Wildman–Crippen LogP) is 0.979. The highest BCUT2D eigenvalue weighted by molar-refractivity contribution is 4.86. The largest absolute Gasteiger partial charge is 0.377 e. The molecule has 0 aromatic rings. The normalized spacial score (nSPS) is 27.4.